The molecule has 0 radical (unpaired) electrons. The summed E-state index contributed by atoms with van der Waals surface area (Å²) >= 11 is 0. The summed E-state index contributed by atoms with van der Waals surface area (Å²) < 4.78 is 15.8. The van der Waals surface area contributed by atoms with Crippen LogP contribution in [0.15, 0.2) is 36.9 Å². The maximum atomic E-state index is 13.9. The Balaban J connectivity index is 1.31. The minimum atomic E-state index is -0.611. The first kappa shape index (κ1) is 23.7. The molecule has 180 valence electrons. The van der Waals surface area contributed by atoms with E-state index in [4.69, 9.17) is 0 Å². The van der Waals surface area contributed by atoms with Crippen LogP contribution in [0.5, 0.6) is 0 Å². The Bertz CT molecular complexity index is 963. The number of alkyl halides is 1. The smallest absolute Gasteiger partial charge is 0.227 e. The lowest BCUT2D eigenvalue weighted by atomic mass is 10.0. The van der Waals surface area contributed by atoms with Crippen LogP contribution in [0.25, 0.3) is 5.52 Å². The molecule has 0 bridgehead atoms. The zero-order chi connectivity index (χ0) is 23.4. The summed E-state index contributed by atoms with van der Waals surface area (Å²) in [5.41, 5.74) is 3.31. The number of fused-ring (bicyclic) bond motifs is 1. The Morgan fingerprint density at radius 3 is 2.88 bits per heavy atom. The van der Waals surface area contributed by atoms with Crippen molar-refractivity contribution in [1.82, 2.24) is 19.8 Å². The lowest BCUT2D eigenvalue weighted by Crippen LogP contribution is -2.42. The highest BCUT2D eigenvalue weighted by molar-refractivity contribution is 5.84. The van der Waals surface area contributed by atoms with Crippen LogP contribution in [0, 0.1) is 11.8 Å². The number of halogens is 1. The number of aromatic nitrogens is 2. The standard InChI is InChI=1S/C26H38FN5O/c1-4-10-30(18-22-14-19(2)23(27)15-22)11-6-5-7-21-8-13-32-24(16-21)25(17-28-32)31-12-9-26(33)29-20(31)3/h8,13,16-17,19,22-23H,3-7,9-12,14-15,18H2,1-2H3,(H,29,33). The number of unbranched alkanes of at least 4 members (excludes halogenated alkanes) is 1. The molecule has 6 nitrogen and oxygen atoms in total. The molecule has 1 aliphatic heterocycles. The number of anilines is 1. The van der Waals surface area contributed by atoms with E-state index in [2.05, 4.69) is 47.9 Å². The Labute approximate surface area is 196 Å². The number of hydrogen-bond acceptors (Lipinski definition) is 4. The van der Waals surface area contributed by atoms with E-state index in [1.54, 1.807) is 0 Å². The number of carbonyl (C=O) groups excluding carboxylic acids is 1. The maximum Gasteiger partial charge on any atom is 0.227 e. The molecule has 3 atom stereocenters. The molecule has 3 heterocycles. The van der Waals surface area contributed by atoms with Gasteiger partial charge in [-0.25, -0.2) is 8.91 Å². The SMILES string of the molecule is C=C1NC(=O)CCN1c1cnn2ccc(CCCCN(CCC)CC3CC(C)C(F)C3)cc12. The number of nitrogens with one attached hydrogen (secondary N) is 1. The van der Waals surface area contributed by atoms with E-state index in [0.717, 1.165) is 69.4 Å². The zero-order valence-corrected chi connectivity index (χ0v) is 20.1. The molecule has 2 fully saturated rings. The molecule has 7 heteroatoms. The van der Waals surface area contributed by atoms with Crippen LogP contribution in [0.2, 0.25) is 0 Å². The van der Waals surface area contributed by atoms with Crippen molar-refractivity contribution < 1.29 is 9.18 Å². The third-order valence-corrected chi connectivity index (χ3v) is 7.16. The van der Waals surface area contributed by atoms with Gasteiger partial charge in [-0.15, -0.1) is 0 Å². The number of aryl methyl sites for hydroxylation is 1. The van der Waals surface area contributed by atoms with Gasteiger partial charge in [-0.2, -0.15) is 5.10 Å². The van der Waals surface area contributed by atoms with Gasteiger partial charge in [0.15, 0.2) is 0 Å². The van der Waals surface area contributed by atoms with Gasteiger partial charge in [0.05, 0.1) is 17.4 Å². The van der Waals surface area contributed by atoms with Crippen molar-refractivity contribution >= 4 is 17.1 Å². The van der Waals surface area contributed by atoms with Crippen molar-refractivity contribution in [3.8, 4) is 0 Å². The van der Waals surface area contributed by atoms with Crippen LogP contribution in [0.4, 0.5) is 10.1 Å². The maximum absolute atomic E-state index is 13.9. The molecule has 3 unspecified atom stereocenters. The van der Waals surface area contributed by atoms with Crippen LogP contribution in [-0.4, -0.2) is 52.8 Å². The van der Waals surface area contributed by atoms with Gasteiger partial charge in [0, 0.05) is 25.7 Å². The van der Waals surface area contributed by atoms with Crippen LogP contribution in [-0.2, 0) is 11.2 Å². The minimum Gasteiger partial charge on any atom is -0.325 e. The molecule has 1 saturated carbocycles. The summed E-state index contributed by atoms with van der Waals surface area (Å²) in [6.45, 7) is 12.1. The second-order valence-electron chi connectivity index (χ2n) is 9.88. The molecular formula is C26H38FN5O. The molecule has 1 saturated heterocycles. The Morgan fingerprint density at radius 1 is 1.30 bits per heavy atom. The largest absolute Gasteiger partial charge is 0.325 e. The third-order valence-electron chi connectivity index (χ3n) is 7.16. The molecule has 1 aliphatic carbocycles. The fourth-order valence-corrected chi connectivity index (χ4v) is 5.39. The van der Waals surface area contributed by atoms with Gasteiger partial charge in [0.25, 0.3) is 0 Å². The number of carbonyl (C=O) groups is 1. The molecule has 0 aromatic carbocycles. The molecule has 33 heavy (non-hydrogen) atoms. The number of pyridine rings is 1. The van der Waals surface area contributed by atoms with Gasteiger partial charge in [-0.1, -0.05) is 20.4 Å². The fourth-order valence-electron chi connectivity index (χ4n) is 5.39. The van der Waals surface area contributed by atoms with Crippen molar-refractivity contribution in [2.45, 2.75) is 65.0 Å². The molecule has 2 aromatic heterocycles. The van der Waals surface area contributed by atoms with E-state index >= 15 is 0 Å². The lowest BCUT2D eigenvalue weighted by molar-refractivity contribution is -0.120. The van der Waals surface area contributed by atoms with Crippen molar-refractivity contribution in [3.05, 3.63) is 42.5 Å². The summed E-state index contributed by atoms with van der Waals surface area (Å²) in [5, 5.41) is 7.30. The highest BCUT2D eigenvalue weighted by Gasteiger charge is 2.32. The van der Waals surface area contributed by atoms with Crippen LogP contribution in [0.3, 0.4) is 0 Å². The predicted molar refractivity (Wildman–Crippen MR) is 131 cm³/mol. The summed E-state index contributed by atoms with van der Waals surface area (Å²) in [4.78, 5) is 16.2. The first-order valence-corrected chi connectivity index (χ1v) is 12.5. The Hall–Kier alpha value is -2.41. The van der Waals surface area contributed by atoms with Crippen molar-refractivity contribution in [1.29, 1.82) is 0 Å². The average Bonchev–Trinajstić information content (AvgIpc) is 3.33. The van der Waals surface area contributed by atoms with Crippen molar-refractivity contribution in [3.63, 3.8) is 0 Å². The van der Waals surface area contributed by atoms with E-state index in [0.29, 0.717) is 24.7 Å². The van der Waals surface area contributed by atoms with Crippen LogP contribution < -0.4 is 10.2 Å². The van der Waals surface area contributed by atoms with Gasteiger partial charge in [-0.3, -0.25) is 4.79 Å². The lowest BCUT2D eigenvalue weighted by Gasteiger charge is -2.29. The number of rotatable bonds is 10. The van der Waals surface area contributed by atoms with Gasteiger partial charge >= 0.3 is 0 Å². The third kappa shape index (κ3) is 5.75. The van der Waals surface area contributed by atoms with Crippen LogP contribution >= 0.6 is 0 Å². The first-order chi connectivity index (χ1) is 15.9. The molecule has 1 amide bonds. The van der Waals surface area contributed by atoms with E-state index in [1.807, 2.05) is 21.8 Å². The van der Waals surface area contributed by atoms with Crippen LogP contribution in [0.1, 0.15) is 57.9 Å². The Morgan fingerprint density at radius 2 is 2.15 bits per heavy atom. The average molecular weight is 456 g/mol. The number of hydrogen-bond donors (Lipinski definition) is 1. The summed E-state index contributed by atoms with van der Waals surface area (Å²) in [6, 6.07) is 4.35. The predicted octanol–water partition coefficient (Wildman–Crippen LogP) is 4.55. The van der Waals surface area contributed by atoms with Gasteiger partial charge in [-0.05, 0) is 81.1 Å². The molecule has 2 aliphatic rings. The highest BCUT2D eigenvalue weighted by atomic mass is 19.1. The zero-order valence-electron chi connectivity index (χ0n) is 20.1. The van der Waals surface area contributed by atoms with E-state index in [-0.39, 0.29) is 11.8 Å². The Kier molecular flexibility index (Phi) is 7.68. The van der Waals surface area contributed by atoms with Gasteiger partial charge in [0.2, 0.25) is 5.91 Å². The fraction of sp³-hybridized carbons (Fsp3) is 0.615. The second-order valence-corrected chi connectivity index (χ2v) is 9.88. The van der Waals surface area contributed by atoms with E-state index in [1.165, 1.54) is 5.56 Å². The van der Waals surface area contributed by atoms with Gasteiger partial charge in [0.1, 0.15) is 12.0 Å². The molecule has 2 aromatic rings. The highest BCUT2D eigenvalue weighted by Crippen LogP contribution is 2.33. The monoisotopic (exact) mass is 455 g/mol. The molecule has 1 N–H and O–H groups in total. The normalized spacial score (nSPS) is 23.6. The topological polar surface area (TPSA) is 52.9 Å². The van der Waals surface area contributed by atoms with Crippen molar-refractivity contribution in [2.24, 2.45) is 11.8 Å². The number of amides is 1. The second kappa shape index (κ2) is 10.7. The van der Waals surface area contributed by atoms with E-state index < -0.39 is 6.17 Å². The summed E-state index contributed by atoms with van der Waals surface area (Å²) in [6.07, 6.45) is 9.90. The van der Waals surface area contributed by atoms with Gasteiger partial charge < -0.3 is 15.1 Å². The summed E-state index contributed by atoms with van der Waals surface area (Å²) in [5.74, 6) is 1.36. The first-order valence-electron chi connectivity index (χ1n) is 12.5. The quantitative estimate of drug-likeness (QED) is 0.534. The number of nitrogens with zero attached hydrogens (tertiary/aromatic N) is 4. The summed E-state index contributed by atoms with van der Waals surface area (Å²) in [7, 11) is 0. The molecule has 0 spiro atoms. The van der Waals surface area contributed by atoms with Crippen molar-refractivity contribution in [2.75, 3.05) is 31.1 Å². The molecular weight excluding hydrogens is 417 g/mol. The minimum absolute atomic E-state index is 0.0116. The molecule has 4 rings (SSSR count). The van der Waals surface area contributed by atoms with E-state index in [9.17, 15) is 9.18 Å².